The highest BCUT2D eigenvalue weighted by molar-refractivity contribution is 8.00. The van der Waals surface area contributed by atoms with Crippen LogP contribution in [0.5, 0.6) is 0 Å². The van der Waals surface area contributed by atoms with Gasteiger partial charge in [0.05, 0.1) is 5.25 Å². The number of rotatable bonds is 3. The average Bonchev–Trinajstić information content (AvgIpc) is 2.81. The third-order valence-electron chi connectivity index (χ3n) is 4.68. The second-order valence-electron chi connectivity index (χ2n) is 6.45. The number of furan rings is 1. The van der Waals surface area contributed by atoms with Crippen LogP contribution < -0.4 is 0 Å². The summed E-state index contributed by atoms with van der Waals surface area (Å²) in [5, 5.41) is 1.52. The van der Waals surface area contributed by atoms with E-state index in [0.717, 1.165) is 47.4 Å². The molecule has 0 spiro atoms. The molecule has 1 aromatic carbocycles. The first kappa shape index (κ1) is 16.4. The summed E-state index contributed by atoms with van der Waals surface area (Å²) in [5.41, 5.74) is 2.28. The molecule has 130 valence electrons. The first-order valence-electron chi connectivity index (χ1n) is 8.82. The molecule has 2 aromatic heterocycles. The molecule has 5 nitrogen and oxygen atoms in total. The number of aromatic nitrogens is 2. The van der Waals surface area contributed by atoms with Crippen LogP contribution in [0.1, 0.15) is 32.6 Å². The molecule has 6 heteroatoms. The number of para-hydroxylation sites is 1. The van der Waals surface area contributed by atoms with Crippen LogP contribution in [-0.2, 0) is 4.79 Å². The van der Waals surface area contributed by atoms with E-state index in [2.05, 4.69) is 9.97 Å². The van der Waals surface area contributed by atoms with Crippen molar-refractivity contribution in [2.45, 2.75) is 42.9 Å². The predicted molar refractivity (Wildman–Crippen MR) is 99.7 cm³/mol. The number of nitrogens with zero attached hydrogens (tertiary/aromatic N) is 3. The molecule has 0 aliphatic carbocycles. The molecule has 4 rings (SSSR count). The monoisotopic (exact) mass is 355 g/mol. The fourth-order valence-corrected chi connectivity index (χ4v) is 4.29. The normalized spacial score (nSPS) is 16.9. The van der Waals surface area contributed by atoms with Gasteiger partial charge in [-0.05, 0) is 31.9 Å². The molecule has 0 radical (unpaired) electrons. The van der Waals surface area contributed by atoms with Crippen LogP contribution in [0.3, 0.4) is 0 Å². The summed E-state index contributed by atoms with van der Waals surface area (Å²) in [4.78, 5) is 23.5. The van der Waals surface area contributed by atoms with Crippen molar-refractivity contribution in [1.29, 1.82) is 0 Å². The van der Waals surface area contributed by atoms with E-state index in [4.69, 9.17) is 4.42 Å². The quantitative estimate of drug-likeness (QED) is 0.519. The number of amides is 1. The zero-order chi connectivity index (χ0) is 17.2. The van der Waals surface area contributed by atoms with Gasteiger partial charge >= 0.3 is 0 Å². The molecule has 0 N–H and O–H groups in total. The first-order valence-corrected chi connectivity index (χ1v) is 9.69. The van der Waals surface area contributed by atoms with Gasteiger partial charge in [0.15, 0.2) is 5.58 Å². The summed E-state index contributed by atoms with van der Waals surface area (Å²) >= 11 is 1.46. The van der Waals surface area contributed by atoms with Crippen LogP contribution in [0.2, 0.25) is 0 Å². The minimum absolute atomic E-state index is 0.190. The number of hydrogen-bond donors (Lipinski definition) is 0. The Morgan fingerprint density at radius 1 is 1.16 bits per heavy atom. The highest BCUT2D eigenvalue weighted by Crippen LogP contribution is 2.34. The molecule has 3 heterocycles. The van der Waals surface area contributed by atoms with Gasteiger partial charge in [-0.25, -0.2) is 9.97 Å². The number of thioether (sulfide) groups is 1. The average molecular weight is 355 g/mol. The van der Waals surface area contributed by atoms with Gasteiger partial charge in [0.1, 0.15) is 22.5 Å². The van der Waals surface area contributed by atoms with Crippen LogP contribution in [0.15, 0.2) is 40.0 Å². The van der Waals surface area contributed by atoms with E-state index in [1.54, 1.807) is 6.33 Å². The SMILES string of the molecule is C[C@H](Sc1ncnc2c1oc1ccccc12)C(=O)N1CCCCCC1. The molecule has 25 heavy (non-hydrogen) atoms. The predicted octanol–water partition coefficient (Wildman–Crippen LogP) is 4.26. The third-order valence-corrected chi connectivity index (χ3v) is 5.75. The Morgan fingerprint density at radius 2 is 1.92 bits per heavy atom. The second kappa shape index (κ2) is 7.04. The van der Waals surface area contributed by atoms with Crippen molar-refractivity contribution >= 4 is 39.7 Å². The minimum atomic E-state index is -0.190. The van der Waals surface area contributed by atoms with Crippen LogP contribution in [-0.4, -0.2) is 39.1 Å². The number of benzene rings is 1. The van der Waals surface area contributed by atoms with E-state index in [9.17, 15) is 4.79 Å². The molecule has 0 saturated carbocycles. The molecule has 1 aliphatic heterocycles. The van der Waals surface area contributed by atoms with Gasteiger partial charge in [-0.1, -0.05) is 36.7 Å². The number of hydrogen-bond acceptors (Lipinski definition) is 5. The van der Waals surface area contributed by atoms with E-state index in [1.165, 1.54) is 24.6 Å². The van der Waals surface area contributed by atoms with Gasteiger partial charge in [0.25, 0.3) is 0 Å². The fraction of sp³-hybridized carbons (Fsp3) is 0.421. The topological polar surface area (TPSA) is 59.2 Å². The number of carbonyl (C=O) groups excluding carboxylic acids is 1. The molecular weight excluding hydrogens is 334 g/mol. The van der Waals surface area contributed by atoms with Crippen molar-refractivity contribution in [2.75, 3.05) is 13.1 Å². The summed E-state index contributed by atoms with van der Waals surface area (Å²) in [6, 6.07) is 7.83. The Balaban J connectivity index is 1.60. The molecule has 1 fully saturated rings. The van der Waals surface area contributed by atoms with Gasteiger partial charge in [-0.2, -0.15) is 0 Å². The Labute approximate surface area is 150 Å². The van der Waals surface area contributed by atoms with Crippen molar-refractivity contribution in [3.05, 3.63) is 30.6 Å². The van der Waals surface area contributed by atoms with Crippen molar-refractivity contribution in [2.24, 2.45) is 0 Å². The Kier molecular flexibility index (Phi) is 4.61. The maximum atomic E-state index is 12.8. The molecule has 1 aliphatic rings. The lowest BCUT2D eigenvalue weighted by Crippen LogP contribution is -2.37. The van der Waals surface area contributed by atoms with E-state index in [1.807, 2.05) is 36.1 Å². The van der Waals surface area contributed by atoms with E-state index in [0.29, 0.717) is 5.58 Å². The maximum Gasteiger partial charge on any atom is 0.235 e. The lowest BCUT2D eigenvalue weighted by Gasteiger charge is -2.23. The fourth-order valence-electron chi connectivity index (χ4n) is 3.35. The van der Waals surface area contributed by atoms with E-state index in [-0.39, 0.29) is 11.2 Å². The highest BCUT2D eigenvalue weighted by atomic mass is 32.2. The van der Waals surface area contributed by atoms with Crippen LogP contribution in [0.4, 0.5) is 0 Å². The van der Waals surface area contributed by atoms with E-state index >= 15 is 0 Å². The molecule has 1 atom stereocenters. The highest BCUT2D eigenvalue weighted by Gasteiger charge is 2.24. The molecular formula is C19H21N3O2S. The molecule has 0 bridgehead atoms. The van der Waals surface area contributed by atoms with Gasteiger partial charge in [0, 0.05) is 18.5 Å². The van der Waals surface area contributed by atoms with Crippen molar-refractivity contribution in [3.8, 4) is 0 Å². The van der Waals surface area contributed by atoms with Gasteiger partial charge in [-0.15, -0.1) is 0 Å². The molecule has 1 saturated heterocycles. The lowest BCUT2D eigenvalue weighted by atomic mass is 10.2. The van der Waals surface area contributed by atoms with Gasteiger partial charge < -0.3 is 9.32 Å². The summed E-state index contributed by atoms with van der Waals surface area (Å²) < 4.78 is 5.96. The summed E-state index contributed by atoms with van der Waals surface area (Å²) in [7, 11) is 0. The van der Waals surface area contributed by atoms with Crippen molar-refractivity contribution < 1.29 is 9.21 Å². The maximum absolute atomic E-state index is 12.8. The lowest BCUT2D eigenvalue weighted by molar-refractivity contribution is -0.130. The third kappa shape index (κ3) is 3.23. The van der Waals surface area contributed by atoms with Crippen molar-refractivity contribution in [3.63, 3.8) is 0 Å². The Morgan fingerprint density at radius 3 is 2.72 bits per heavy atom. The first-order chi connectivity index (χ1) is 12.2. The van der Waals surface area contributed by atoms with E-state index < -0.39 is 0 Å². The van der Waals surface area contributed by atoms with Crippen LogP contribution >= 0.6 is 11.8 Å². The minimum Gasteiger partial charge on any atom is -0.451 e. The molecule has 1 amide bonds. The zero-order valence-electron chi connectivity index (χ0n) is 14.3. The van der Waals surface area contributed by atoms with Crippen molar-refractivity contribution in [1.82, 2.24) is 14.9 Å². The number of likely N-dealkylation sites (tertiary alicyclic amines) is 1. The Hall–Kier alpha value is -2.08. The number of carbonyl (C=O) groups is 1. The smallest absolute Gasteiger partial charge is 0.235 e. The summed E-state index contributed by atoms with van der Waals surface area (Å²) in [6.07, 6.45) is 6.19. The summed E-state index contributed by atoms with van der Waals surface area (Å²) in [6.45, 7) is 3.69. The largest absolute Gasteiger partial charge is 0.451 e. The molecule has 3 aromatic rings. The van der Waals surface area contributed by atoms with Gasteiger partial charge in [-0.3, -0.25) is 4.79 Å². The molecule has 0 unspecified atom stereocenters. The van der Waals surface area contributed by atoms with Crippen LogP contribution in [0.25, 0.3) is 22.1 Å². The zero-order valence-corrected chi connectivity index (χ0v) is 15.1. The number of fused-ring (bicyclic) bond motifs is 3. The van der Waals surface area contributed by atoms with Gasteiger partial charge in [0.2, 0.25) is 5.91 Å². The standard InChI is InChI=1S/C19H21N3O2S/c1-13(19(23)22-10-6-2-3-7-11-22)25-18-17-16(20-12-21-18)14-8-4-5-9-15(14)24-17/h4-5,8-9,12-13H,2-3,6-7,10-11H2,1H3/t13-/m0/s1. The Bertz CT molecular complexity index is 900. The second-order valence-corrected chi connectivity index (χ2v) is 7.78. The van der Waals surface area contributed by atoms with Crippen LogP contribution in [0, 0.1) is 0 Å². The summed E-state index contributed by atoms with van der Waals surface area (Å²) in [5.74, 6) is 0.190.